The molecule has 0 saturated carbocycles. The Hall–Kier alpha value is -3.07. The summed E-state index contributed by atoms with van der Waals surface area (Å²) < 4.78 is 2.37. The van der Waals surface area contributed by atoms with Gasteiger partial charge in [0.05, 0.1) is 0 Å². The molecule has 0 amide bonds. The molecule has 138 valence electrons. The Morgan fingerprint density at radius 3 is 2.50 bits per heavy atom. The Labute approximate surface area is 152 Å². The van der Waals surface area contributed by atoms with Gasteiger partial charge in [0.25, 0.3) is 11.5 Å². The molecule has 0 unspecified atom stereocenters. The highest BCUT2D eigenvalue weighted by Gasteiger charge is 2.13. The molecule has 0 radical (unpaired) electrons. The van der Waals surface area contributed by atoms with Gasteiger partial charge in [-0.3, -0.25) is 18.7 Å². The van der Waals surface area contributed by atoms with E-state index in [0.29, 0.717) is 23.2 Å². The third-order valence-electron chi connectivity index (χ3n) is 3.50. The van der Waals surface area contributed by atoms with E-state index < -0.39 is 17.2 Å². The number of carboxylic acids is 1. The summed E-state index contributed by atoms with van der Waals surface area (Å²) in [5, 5.41) is 11.1. The van der Waals surface area contributed by atoms with Gasteiger partial charge in [-0.1, -0.05) is 29.8 Å². The van der Waals surface area contributed by atoms with Gasteiger partial charge in [-0.15, -0.1) is 0 Å². The maximum absolute atomic E-state index is 12.1. The fourth-order valence-electron chi connectivity index (χ4n) is 2.23. The van der Waals surface area contributed by atoms with Crippen LogP contribution in [-0.2, 0) is 25.4 Å². The summed E-state index contributed by atoms with van der Waals surface area (Å²) in [4.78, 5) is 40.1. The highest BCUT2D eigenvalue weighted by molar-refractivity contribution is 6.31. The second-order valence-corrected chi connectivity index (χ2v) is 5.86. The fraction of sp³-hybridized carbons (Fsp3) is 0.250. The van der Waals surface area contributed by atoms with Crippen molar-refractivity contribution in [2.45, 2.75) is 13.5 Å². The summed E-state index contributed by atoms with van der Waals surface area (Å²) in [6.07, 6.45) is 0. The predicted molar refractivity (Wildman–Crippen MR) is 98.7 cm³/mol. The monoisotopic (exact) mass is 379 g/mol. The van der Waals surface area contributed by atoms with E-state index in [1.807, 2.05) is 18.2 Å². The lowest BCUT2D eigenvalue weighted by Crippen LogP contribution is -2.36. The number of aliphatic carboxylic acids is 1. The minimum Gasteiger partial charge on any atom is -0.481 e. The average Bonchev–Trinajstić information content (AvgIpc) is 3.01. The van der Waals surface area contributed by atoms with Gasteiger partial charge < -0.3 is 15.4 Å². The summed E-state index contributed by atoms with van der Waals surface area (Å²) in [5.74, 6) is -0.423. The molecule has 26 heavy (non-hydrogen) atoms. The van der Waals surface area contributed by atoms with E-state index in [2.05, 4.69) is 15.3 Å². The Balaban J connectivity index is 0.000000552. The molecular formula is C16H18ClN5O4. The van der Waals surface area contributed by atoms with Crippen LogP contribution in [0.5, 0.6) is 0 Å². The van der Waals surface area contributed by atoms with Crippen LogP contribution < -0.4 is 16.6 Å². The molecule has 9 nitrogen and oxygen atoms in total. The SMILES string of the molecule is CC(=O)O.Cn1c(=O)c2[nH]c(NCc3ccccc3Cl)nc2n(C)c1=O. The van der Waals surface area contributed by atoms with E-state index in [1.165, 1.54) is 11.6 Å². The van der Waals surface area contributed by atoms with Crippen molar-refractivity contribution in [2.75, 3.05) is 5.32 Å². The van der Waals surface area contributed by atoms with Gasteiger partial charge in [0.2, 0.25) is 5.95 Å². The lowest BCUT2D eigenvalue weighted by atomic mass is 10.2. The first-order valence-corrected chi connectivity index (χ1v) is 7.92. The van der Waals surface area contributed by atoms with Crippen LogP contribution in [0.4, 0.5) is 5.95 Å². The predicted octanol–water partition coefficient (Wildman–Crippen LogP) is 1.32. The number of nitrogens with one attached hydrogen (secondary N) is 2. The standard InChI is InChI=1S/C14H14ClN5O2.C2H4O2/c1-19-11-10(12(21)20(2)14(19)22)17-13(18-11)16-7-8-5-3-4-6-9(8)15;1-2(3)4/h3-6H,7H2,1-2H3,(H2,16,17,18);1H3,(H,3,4). The third-order valence-corrected chi connectivity index (χ3v) is 3.87. The number of hydrogen-bond donors (Lipinski definition) is 3. The van der Waals surface area contributed by atoms with Crippen LogP contribution >= 0.6 is 11.6 Å². The number of H-pyrrole nitrogens is 1. The fourth-order valence-corrected chi connectivity index (χ4v) is 2.43. The van der Waals surface area contributed by atoms with Gasteiger partial charge in [0.15, 0.2) is 11.2 Å². The molecule has 1 aromatic carbocycles. The first kappa shape index (κ1) is 19.3. The minimum atomic E-state index is -0.833. The second-order valence-electron chi connectivity index (χ2n) is 5.45. The summed E-state index contributed by atoms with van der Waals surface area (Å²) >= 11 is 6.09. The number of aromatic amines is 1. The summed E-state index contributed by atoms with van der Waals surface area (Å²) in [5.41, 5.74) is 0.686. The van der Waals surface area contributed by atoms with Gasteiger partial charge in [0, 0.05) is 32.6 Å². The Bertz CT molecular complexity index is 1060. The third kappa shape index (κ3) is 4.12. The highest BCUT2D eigenvalue weighted by atomic mass is 35.5. The number of carboxylic acid groups (broad SMARTS) is 1. The van der Waals surface area contributed by atoms with Crippen LogP contribution in [0, 0.1) is 0 Å². The normalized spacial score (nSPS) is 10.3. The first-order valence-electron chi connectivity index (χ1n) is 7.55. The number of aryl methyl sites for hydroxylation is 1. The van der Waals surface area contributed by atoms with E-state index in [0.717, 1.165) is 17.1 Å². The molecule has 0 aliphatic carbocycles. The van der Waals surface area contributed by atoms with Gasteiger partial charge in [-0.05, 0) is 11.6 Å². The number of nitrogens with zero attached hydrogens (tertiary/aromatic N) is 3. The van der Waals surface area contributed by atoms with Crippen molar-refractivity contribution in [1.82, 2.24) is 19.1 Å². The molecule has 10 heteroatoms. The summed E-state index contributed by atoms with van der Waals surface area (Å²) in [7, 11) is 3.00. The van der Waals surface area contributed by atoms with Crippen LogP contribution in [0.1, 0.15) is 12.5 Å². The topological polar surface area (TPSA) is 122 Å². The molecule has 3 rings (SSSR count). The van der Waals surface area contributed by atoms with Crippen molar-refractivity contribution in [2.24, 2.45) is 14.1 Å². The number of carbonyl (C=O) groups is 1. The van der Waals surface area contributed by atoms with Crippen molar-refractivity contribution in [3.8, 4) is 0 Å². The molecule has 0 aliphatic rings. The molecule has 0 saturated heterocycles. The number of hydrogen-bond acceptors (Lipinski definition) is 5. The van der Waals surface area contributed by atoms with Crippen LogP contribution in [0.25, 0.3) is 11.2 Å². The maximum atomic E-state index is 12.1. The molecule has 2 aromatic heterocycles. The minimum absolute atomic E-state index is 0.284. The second kappa shape index (κ2) is 7.87. The zero-order chi connectivity index (χ0) is 19.4. The molecule has 3 aromatic rings. The zero-order valence-corrected chi connectivity index (χ0v) is 15.2. The van der Waals surface area contributed by atoms with Crippen molar-refractivity contribution in [3.05, 3.63) is 55.7 Å². The van der Waals surface area contributed by atoms with Gasteiger partial charge >= 0.3 is 5.69 Å². The number of anilines is 1. The smallest absolute Gasteiger partial charge is 0.332 e. The highest BCUT2D eigenvalue weighted by Crippen LogP contribution is 2.16. The van der Waals surface area contributed by atoms with Crippen LogP contribution in [0.2, 0.25) is 5.02 Å². The van der Waals surface area contributed by atoms with Gasteiger partial charge in [-0.25, -0.2) is 4.79 Å². The van der Waals surface area contributed by atoms with E-state index >= 15 is 0 Å². The number of aromatic nitrogens is 4. The van der Waals surface area contributed by atoms with E-state index in [9.17, 15) is 9.59 Å². The molecule has 0 fully saturated rings. The van der Waals surface area contributed by atoms with E-state index in [4.69, 9.17) is 21.5 Å². The molecule has 0 atom stereocenters. The lowest BCUT2D eigenvalue weighted by molar-refractivity contribution is -0.134. The average molecular weight is 380 g/mol. The molecule has 0 aliphatic heterocycles. The van der Waals surface area contributed by atoms with Crippen LogP contribution in [-0.4, -0.2) is 30.2 Å². The van der Waals surface area contributed by atoms with Gasteiger partial charge in [0.1, 0.15) is 0 Å². The molecule has 2 heterocycles. The van der Waals surface area contributed by atoms with Crippen molar-refractivity contribution < 1.29 is 9.90 Å². The first-order chi connectivity index (χ1) is 12.2. The zero-order valence-electron chi connectivity index (χ0n) is 14.4. The van der Waals surface area contributed by atoms with E-state index in [1.54, 1.807) is 13.1 Å². The van der Waals surface area contributed by atoms with Crippen molar-refractivity contribution in [3.63, 3.8) is 0 Å². The number of benzene rings is 1. The maximum Gasteiger partial charge on any atom is 0.332 e. The molecule has 0 bridgehead atoms. The Kier molecular flexibility index (Phi) is 5.83. The summed E-state index contributed by atoms with van der Waals surface area (Å²) in [6.45, 7) is 1.54. The van der Waals surface area contributed by atoms with Crippen molar-refractivity contribution in [1.29, 1.82) is 0 Å². The number of rotatable bonds is 3. The van der Waals surface area contributed by atoms with Crippen LogP contribution in [0.15, 0.2) is 33.9 Å². The Morgan fingerprint density at radius 1 is 1.27 bits per heavy atom. The largest absolute Gasteiger partial charge is 0.481 e. The van der Waals surface area contributed by atoms with E-state index in [-0.39, 0.29) is 5.52 Å². The molecule has 3 N–H and O–H groups in total. The van der Waals surface area contributed by atoms with Crippen LogP contribution in [0.3, 0.4) is 0 Å². The Morgan fingerprint density at radius 2 is 1.88 bits per heavy atom. The molecule has 0 spiro atoms. The number of fused-ring (bicyclic) bond motifs is 1. The summed E-state index contributed by atoms with van der Waals surface area (Å²) in [6, 6.07) is 7.44. The quantitative estimate of drug-likeness (QED) is 0.630. The molecular weight excluding hydrogens is 362 g/mol. The number of imidazole rings is 1. The van der Waals surface area contributed by atoms with Crippen molar-refractivity contribution >= 4 is 34.7 Å². The number of halogens is 1. The van der Waals surface area contributed by atoms with Gasteiger partial charge in [-0.2, -0.15) is 4.98 Å². The lowest BCUT2D eigenvalue weighted by Gasteiger charge is -2.04.